The van der Waals surface area contributed by atoms with E-state index in [1.807, 2.05) is 56.4 Å². The van der Waals surface area contributed by atoms with E-state index in [0.717, 1.165) is 22.2 Å². The number of nitrogens with one attached hydrogen (secondary N) is 1. The van der Waals surface area contributed by atoms with E-state index in [2.05, 4.69) is 10.4 Å². The van der Waals surface area contributed by atoms with Crippen molar-refractivity contribution in [1.29, 1.82) is 0 Å². The normalized spacial score (nSPS) is 10.7. The van der Waals surface area contributed by atoms with Crippen molar-refractivity contribution in [2.75, 3.05) is 5.32 Å². The highest BCUT2D eigenvalue weighted by Crippen LogP contribution is 2.23. The summed E-state index contributed by atoms with van der Waals surface area (Å²) in [4.78, 5) is 12.3. The molecule has 1 amide bonds. The van der Waals surface area contributed by atoms with Crippen molar-refractivity contribution >= 4 is 22.4 Å². The number of benzene rings is 2. The Bertz CT molecular complexity index is 784. The number of aromatic nitrogens is 2. The van der Waals surface area contributed by atoms with Crippen LogP contribution in [0.1, 0.15) is 16.1 Å². The van der Waals surface area contributed by atoms with Crippen LogP contribution in [0.4, 0.5) is 5.69 Å². The Morgan fingerprint density at radius 3 is 2.65 bits per heavy atom. The minimum Gasteiger partial charge on any atom is -0.321 e. The third-order valence-corrected chi connectivity index (χ3v) is 3.30. The Balaban J connectivity index is 1.97. The number of carbonyl (C=O) groups excluding carboxylic acids is 1. The number of aryl methyl sites for hydroxylation is 2. The summed E-state index contributed by atoms with van der Waals surface area (Å²) in [7, 11) is 1.81. The summed E-state index contributed by atoms with van der Waals surface area (Å²) in [6, 6.07) is 13.9. The molecule has 0 aliphatic heterocycles. The van der Waals surface area contributed by atoms with Crippen molar-refractivity contribution in [2.24, 2.45) is 7.05 Å². The molecular weight excluding hydrogens is 250 g/mol. The number of hydrogen-bond acceptors (Lipinski definition) is 2. The number of amides is 1. The Labute approximate surface area is 117 Å². The third kappa shape index (κ3) is 2.16. The summed E-state index contributed by atoms with van der Waals surface area (Å²) in [6.45, 7) is 1.83. The van der Waals surface area contributed by atoms with Crippen molar-refractivity contribution in [2.45, 2.75) is 6.92 Å². The molecule has 3 aromatic rings. The van der Waals surface area contributed by atoms with Gasteiger partial charge in [-0.3, -0.25) is 9.48 Å². The predicted molar refractivity (Wildman–Crippen MR) is 79.8 cm³/mol. The molecule has 0 fully saturated rings. The molecule has 4 nitrogen and oxygen atoms in total. The molecule has 0 atom stereocenters. The van der Waals surface area contributed by atoms with Crippen LogP contribution in [-0.2, 0) is 7.05 Å². The van der Waals surface area contributed by atoms with Crippen LogP contribution in [0.3, 0.4) is 0 Å². The first-order valence-corrected chi connectivity index (χ1v) is 6.44. The van der Waals surface area contributed by atoms with Crippen LogP contribution in [0.25, 0.3) is 10.8 Å². The number of carbonyl (C=O) groups is 1. The first kappa shape index (κ1) is 12.4. The number of rotatable bonds is 2. The minimum absolute atomic E-state index is 0.132. The SMILES string of the molecule is Cc1nn(C)cc1C(=O)Nc1cccc2ccccc12. The van der Waals surface area contributed by atoms with Gasteiger partial charge in [-0.1, -0.05) is 36.4 Å². The molecule has 1 N–H and O–H groups in total. The Kier molecular flexibility index (Phi) is 2.99. The molecule has 1 heterocycles. The van der Waals surface area contributed by atoms with Crippen molar-refractivity contribution in [3.63, 3.8) is 0 Å². The van der Waals surface area contributed by atoms with E-state index in [1.165, 1.54) is 0 Å². The molecule has 0 saturated carbocycles. The van der Waals surface area contributed by atoms with E-state index in [9.17, 15) is 4.79 Å². The van der Waals surface area contributed by atoms with Crippen molar-refractivity contribution < 1.29 is 4.79 Å². The van der Waals surface area contributed by atoms with Gasteiger partial charge in [0, 0.05) is 24.3 Å². The third-order valence-electron chi connectivity index (χ3n) is 3.30. The molecule has 4 heteroatoms. The fourth-order valence-corrected chi connectivity index (χ4v) is 2.35. The van der Waals surface area contributed by atoms with Gasteiger partial charge in [0.25, 0.3) is 5.91 Å². The van der Waals surface area contributed by atoms with Gasteiger partial charge in [-0.2, -0.15) is 5.10 Å². The van der Waals surface area contributed by atoms with Crippen LogP contribution in [0.2, 0.25) is 0 Å². The Hall–Kier alpha value is -2.62. The number of fused-ring (bicyclic) bond motifs is 1. The largest absolute Gasteiger partial charge is 0.321 e. The highest BCUT2D eigenvalue weighted by atomic mass is 16.1. The molecular formula is C16H15N3O. The zero-order valence-electron chi connectivity index (χ0n) is 11.4. The van der Waals surface area contributed by atoms with Gasteiger partial charge >= 0.3 is 0 Å². The van der Waals surface area contributed by atoms with Gasteiger partial charge in [0.1, 0.15) is 0 Å². The summed E-state index contributed by atoms with van der Waals surface area (Å²) in [6.07, 6.45) is 1.73. The quantitative estimate of drug-likeness (QED) is 0.773. The lowest BCUT2D eigenvalue weighted by Crippen LogP contribution is -2.12. The first-order valence-electron chi connectivity index (χ1n) is 6.44. The van der Waals surface area contributed by atoms with Crippen molar-refractivity contribution in [3.05, 3.63) is 59.9 Å². The van der Waals surface area contributed by atoms with Crippen molar-refractivity contribution in [1.82, 2.24) is 9.78 Å². The predicted octanol–water partition coefficient (Wildman–Crippen LogP) is 3.13. The topological polar surface area (TPSA) is 46.9 Å². The second-order valence-corrected chi connectivity index (χ2v) is 4.78. The molecule has 20 heavy (non-hydrogen) atoms. The maximum atomic E-state index is 12.3. The highest BCUT2D eigenvalue weighted by molar-refractivity contribution is 6.09. The van der Waals surface area contributed by atoms with Crippen LogP contribution in [0, 0.1) is 6.92 Å². The minimum atomic E-state index is -0.132. The number of nitrogens with zero attached hydrogens (tertiary/aromatic N) is 2. The highest BCUT2D eigenvalue weighted by Gasteiger charge is 2.13. The molecule has 0 saturated heterocycles. The van der Waals surface area contributed by atoms with E-state index in [1.54, 1.807) is 10.9 Å². The van der Waals surface area contributed by atoms with Crippen molar-refractivity contribution in [3.8, 4) is 0 Å². The van der Waals surface area contributed by atoms with E-state index >= 15 is 0 Å². The molecule has 0 radical (unpaired) electrons. The fraction of sp³-hybridized carbons (Fsp3) is 0.125. The van der Waals surface area contributed by atoms with Gasteiger partial charge in [0.2, 0.25) is 0 Å². The lowest BCUT2D eigenvalue weighted by atomic mass is 10.1. The summed E-state index contributed by atoms with van der Waals surface area (Å²) in [5.41, 5.74) is 2.14. The molecule has 0 aliphatic rings. The fourth-order valence-electron chi connectivity index (χ4n) is 2.35. The Morgan fingerprint density at radius 2 is 1.90 bits per heavy atom. The van der Waals surface area contributed by atoms with Crippen LogP contribution in [-0.4, -0.2) is 15.7 Å². The Morgan fingerprint density at radius 1 is 1.15 bits per heavy atom. The maximum Gasteiger partial charge on any atom is 0.259 e. The number of hydrogen-bond donors (Lipinski definition) is 1. The molecule has 0 aliphatic carbocycles. The van der Waals surface area contributed by atoms with E-state index in [4.69, 9.17) is 0 Å². The van der Waals surface area contributed by atoms with E-state index < -0.39 is 0 Å². The second kappa shape index (κ2) is 4.81. The van der Waals surface area contributed by atoms with Crippen LogP contribution < -0.4 is 5.32 Å². The van der Waals surface area contributed by atoms with E-state index in [0.29, 0.717) is 5.56 Å². The lowest BCUT2D eigenvalue weighted by molar-refractivity contribution is 0.102. The zero-order valence-corrected chi connectivity index (χ0v) is 11.4. The maximum absolute atomic E-state index is 12.3. The molecule has 1 aromatic heterocycles. The van der Waals surface area contributed by atoms with Gasteiger partial charge < -0.3 is 5.32 Å². The number of anilines is 1. The van der Waals surface area contributed by atoms with Gasteiger partial charge in [-0.15, -0.1) is 0 Å². The molecule has 100 valence electrons. The summed E-state index contributed by atoms with van der Waals surface area (Å²) in [5.74, 6) is -0.132. The van der Waals surface area contributed by atoms with Crippen LogP contribution in [0.15, 0.2) is 48.7 Å². The summed E-state index contributed by atoms with van der Waals surface area (Å²) in [5, 5.41) is 9.29. The first-order chi connectivity index (χ1) is 9.65. The van der Waals surface area contributed by atoms with Crippen LogP contribution in [0.5, 0.6) is 0 Å². The summed E-state index contributed by atoms with van der Waals surface area (Å²) >= 11 is 0. The smallest absolute Gasteiger partial charge is 0.259 e. The molecule has 0 unspecified atom stereocenters. The molecule has 2 aromatic carbocycles. The van der Waals surface area contributed by atoms with Gasteiger partial charge in [0.15, 0.2) is 0 Å². The van der Waals surface area contributed by atoms with E-state index in [-0.39, 0.29) is 5.91 Å². The molecule has 0 spiro atoms. The lowest BCUT2D eigenvalue weighted by Gasteiger charge is -2.08. The molecule has 0 bridgehead atoms. The zero-order chi connectivity index (χ0) is 14.1. The molecule has 3 rings (SSSR count). The average molecular weight is 265 g/mol. The van der Waals surface area contributed by atoms with Crippen LogP contribution >= 0.6 is 0 Å². The summed E-state index contributed by atoms with van der Waals surface area (Å²) < 4.78 is 1.65. The van der Waals surface area contributed by atoms with Gasteiger partial charge in [0.05, 0.1) is 11.3 Å². The van der Waals surface area contributed by atoms with Gasteiger partial charge in [-0.05, 0) is 18.4 Å². The standard InChI is InChI=1S/C16H15N3O/c1-11-14(10-19(2)18-11)16(20)17-15-9-5-7-12-6-3-4-8-13(12)15/h3-10H,1-2H3,(H,17,20). The average Bonchev–Trinajstić information content (AvgIpc) is 2.78. The monoisotopic (exact) mass is 265 g/mol. The second-order valence-electron chi connectivity index (χ2n) is 4.78. The van der Waals surface area contributed by atoms with Gasteiger partial charge in [-0.25, -0.2) is 0 Å².